The van der Waals surface area contributed by atoms with Gasteiger partial charge in [-0.1, -0.05) is 153 Å². The fraction of sp³-hybridized carbons (Fsp3) is 0.0727. The number of allylic oxidation sites excluding steroid dienone is 1. The van der Waals surface area contributed by atoms with Crippen LogP contribution in [0.15, 0.2) is 187 Å². The molecular formula is C55H39N3. The molecular weight excluding hydrogens is 703 g/mol. The minimum Gasteiger partial charge on any atom is -0.359 e. The number of hydrogen-bond acceptors (Lipinski definition) is 2. The molecule has 0 saturated carbocycles. The highest BCUT2D eigenvalue weighted by atomic mass is 15.0. The van der Waals surface area contributed by atoms with Gasteiger partial charge in [0, 0.05) is 33.2 Å². The molecule has 9 aromatic carbocycles. The van der Waals surface area contributed by atoms with Crippen molar-refractivity contribution in [2.24, 2.45) is 10.9 Å². The van der Waals surface area contributed by atoms with Gasteiger partial charge < -0.3 is 9.88 Å². The topological polar surface area (TPSA) is 29.3 Å². The van der Waals surface area contributed by atoms with Crippen LogP contribution in [0.4, 0.5) is 0 Å². The maximum atomic E-state index is 5.56. The Kier molecular flexibility index (Phi) is 7.33. The predicted octanol–water partition coefficient (Wildman–Crippen LogP) is 13.7. The smallest absolute Gasteiger partial charge is 0.135 e. The van der Waals surface area contributed by atoms with Crippen LogP contribution in [0, 0.1) is 5.92 Å². The molecule has 2 atom stereocenters. The Balaban J connectivity index is 1.16. The highest BCUT2D eigenvalue weighted by Gasteiger charge is 2.28. The Morgan fingerprint density at radius 1 is 0.586 bits per heavy atom. The maximum absolute atomic E-state index is 5.56. The monoisotopic (exact) mass is 741 g/mol. The number of benzene rings is 9. The summed E-state index contributed by atoms with van der Waals surface area (Å²) in [6.45, 7) is 2.34. The number of hydrogen-bond donors (Lipinski definition) is 1. The van der Waals surface area contributed by atoms with Gasteiger partial charge in [0.25, 0.3) is 0 Å². The number of aliphatic imine (C=N–C) groups is 1. The minimum atomic E-state index is -0.0868. The third-order valence-corrected chi connectivity index (χ3v) is 12.5. The van der Waals surface area contributed by atoms with Crippen molar-refractivity contribution >= 4 is 82.5 Å². The molecule has 12 rings (SSSR count). The zero-order chi connectivity index (χ0) is 38.3. The van der Waals surface area contributed by atoms with Crippen LogP contribution >= 0.6 is 0 Å². The number of nitrogens with zero attached hydrogens (tertiary/aromatic N) is 2. The van der Waals surface area contributed by atoms with E-state index in [0.717, 1.165) is 29.1 Å². The van der Waals surface area contributed by atoms with Gasteiger partial charge in [0.1, 0.15) is 5.84 Å². The summed E-state index contributed by atoms with van der Waals surface area (Å²) in [5, 5.41) is 16.5. The molecule has 0 radical (unpaired) electrons. The highest BCUT2D eigenvalue weighted by molar-refractivity contribution is 6.33. The summed E-state index contributed by atoms with van der Waals surface area (Å²) >= 11 is 0. The predicted molar refractivity (Wildman–Crippen MR) is 246 cm³/mol. The van der Waals surface area contributed by atoms with Gasteiger partial charge in [-0.05, 0) is 109 Å². The molecule has 3 nitrogen and oxygen atoms in total. The van der Waals surface area contributed by atoms with Crippen molar-refractivity contribution in [2.75, 3.05) is 0 Å². The van der Waals surface area contributed by atoms with E-state index >= 15 is 0 Å². The van der Waals surface area contributed by atoms with Crippen molar-refractivity contribution in [2.45, 2.75) is 19.4 Å². The van der Waals surface area contributed by atoms with E-state index in [-0.39, 0.29) is 6.04 Å². The summed E-state index contributed by atoms with van der Waals surface area (Å²) in [5.74, 6) is 1.31. The van der Waals surface area contributed by atoms with Crippen LogP contribution in [0.2, 0.25) is 0 Å². The summed E-state index contributed by atoms with van der Waals surface area (Å²) in [4.78, 5) is 5.56. The standard InChI is InChI=1S/C55H39N3/c1-34-23-28-44-46(29-34)47-32-48(42-19-9-10-20-43(42)52(47)53-45-21-11-12-22-51(45)58(54(44)53)41-17-3-2-4-18-41)55-56-49(39-26-24-35-13-5-7-15-37(35)30-39)33-50(57-55)40-27-25-36-14-6-8-16-38(36)31-40/h2-28,30-34,49H,29H2,1H3,(H,56,57). The van der Waals surface area contributed by atoms with Gasteiger partial charge in [0.15, 0.2) is 0 Å². The number of fused-ring (bicyclic) bond motifs is 12. The zero-order valence-corrected chi connectivity index (χ0v) is 32.2. The first kappa shape index (κ1) is 33.0. The number of amidine groups is 1. The summed E-state index contributed by atoms with van der Waals surface area (Å²) < 4.78 is 2.49. The highest BCUT2D eigenvalue weighted by Crippen LogP contribution is 2.47. The lowest BCUT2D eigenvalue weighted by atomic mass is 9.82. The summed E-state index contributed by atoms with van der Waals surface area (Å²) in [5.41, 5.74) is 10.8. The number of rotatable bonds is 4. The first-order valence-corrected chi connectivity index (χ1v) is 20.4. The third kappa shape index (κ3) is 5.10. The Morgan fingerprint density at radius 2 is 1.26 bits per heavy atom. The molecule has 274 valence electrons. The van der Waals surface area contributed by atoms with Gasteiger partial charge in [-0.15, -0.1) is 0 Å². The van der Waals surface area contributed by atoms with Crippen molar-refractivity contribution < 1.29 is 0 Å². The fourth-order valence-corrected chi connectivity index (χ4v) is 9.77. The van der Waals surface area contributed by atoms with E-state index in [4.69, 9.17) is 4.99 Å². The van der Waals surface area contributed by atoms with Crippen molar-refractivity contribution in [3.8, 4) is 5.69 Å². The van der Waals surface area contributed by atoms with Crippen molar-refractivity contribution in [1.29, 1.82) is 0 Å². The average molecular weight is 742 g/mol. The van der Waals surface area contributed by atoms with Crippen molar-refractivity contribution in [1.82, 2.24) is 9.88 Å². The van der Waals surface area contributed by atoms with Crippen molar-refractivity contribution in [3.63, 3.8) is 0 Å². The summed E-state index contributed by atoms with van der Waals surface area (Å²) in [7, 11) is 0. The van der Waals surface area contributed by atoms with Crippen LogP contribution in [-0.2, 0) is 6.42 Å². The largest absolute Gasteiger partial charge is 0.359 e. The zero-order valence-electron chi connectivity index (χ0n) is 32.2. The van der Waals surface area contributed by atoms with E-state index < -0.39 is 0 Å². The molecule has 0 saturated heterocycles. The normalized spacial score (nSPS) is 16.6. The van der Waals surface area contributed by atoms with Crippen LogP contribution in [0.3, 0.4) is 0 Å². The average Bonchev–Trinajstić information content (AvgIpc) is 3.63. The third-order valence-electron chi connectivity index (χ3n) is 12.5. The van der Waals surface area contributed by atoms with Crippen LogP contribution in [0.5, 0.6) is 0 Å². The molecule has 10 aromatic rings. The van der Waals surface area contributed by atoms with E-state index in [0.29, 0.717) is 5.92 Å². The molecule has 0 bridgehead atoms. The van der Waals surface area contributed by atoms with E-state index in [1.807, 2.05) is 0 Å². The lowest BCUT2D eigenvalue weighted by Crippen LogP contribution is -2.31. The van der Waals surface area contributed by atoms with Gasteiger partial charge in [-0.2, -0.15) is 0 Å². The second-order valence-corrected chi connectivity index (χ2v) is 16.0. The minimum absolute atomic E-state index is 0.0868. The van der Waals surface area contributed by atoms with Gasteiger partial charge in [0.2, 0.25) is 0 Å². The van der Waals surface area contributed by atoms with Gasteiger partial charge in [0.05, 0.1) is 22.8 Å². The second kappa shape index (κ2) is 12.9. The molecule has 1 aromatic heterocycles. The quantitative estimate of drug-likeness (QED) is 0.179. The number of nitrogens with one attached hydrogen (secondary N) is 1. The second-order valence-electron chi connectivity index (χ2n) is 16.0. The first-order chi connectivity index (χ1) is 28.7. The molecule has 0 fully saturated rings. The molecule has 3 heteroatoms. The summed E-state index contributed by atoms with van der Waals surface area (Å²) in [6.07, 6.45) is 8.06. The van der Waals surface area contributed by atoms with Crippen molar-refractivity contribution in [3.05, 3.63) is 210 Å². The summed E-state index contributed by atoms with van der Waals surface area (Å²) in [6, 6.07) is 61.9. The van der Waals surface area contributed by atoms with E-state index in [9.17, 15) is 0 Å². The Morgan fingerprint density at radius 3 is 2.07 bits per heavy atom. The Labute approximate surface area is 336 Å². The lowest BCUT2D eigenvalue weighted by molar-refractivity contribution is 0.722. The molecule has 2 heterocycles. The van der Waals surface area contributed by atoms with Gasteiger partial charge >= 0.3 is 0 Å². The van der Waals surface area contributed by atoms with Crippen LogP contribution in [-0.4, -0.2) is 10.4 Å². The van der Waals surface area contributed by atoms with E-state index in [1.54, 1.807) is 0 Å². The van der Waals surface area contributed by atoms with Gasteiger partial charge in [-0.3, -0.25) is 0 Å². The number of para-hydroxylation sites is 2. The lowest BCUT2D eigenvalue weighted by Gasteiger charge is -2.27. The van der Waals surface area contributed by atoms with Crippen LogP contribution < -0.4 is 5.32 Å². The Bertz CT molecular complexity index is 3420. The molecule has 1 aliphatic carbocycles. The molecule has 1 aliphatic heterocycles. The van der Waals surface area contributed by atoms with Crippen LogP contribution in [0.25, 0.3) is 82.4 Å². The fourth-order valence-electron chi connectivity index (χ4n) is 9.77. The van der Waals surface area contributed by atoms with Crippen LogP contribution in [0.1, 0.15) is 40.8 Å². The molecule has 0 amide bonds. The van der Waals surface area contributed by atoms with Gasteiger partial charge in [-0.25, -0.2) is 4.99 Å². The van der Waals surface area contributed by atoms with E-state index in [2.05, 4.69) is 205 Å². The Hall–Kier alpha value is -7.23. The SMILES string of the molecule is CC1C=Cc2c(c3cc(C4=NC(c5ccc6ccccc6c5)=CC(c5ccc6ccccc6c5)N4)c4ccccc4c3c3c4ccccc4n(-c4ccccc4)c23)C1. The molecule has 1 N–H and O–H groups in total. The molecule has 2 unspecified atom stereocenters. The number of aromatic nitrogens is 1. The van der Waals surface area contributed by atoms with E-state index in [1.165, 1.54) is 87.3 Å². The maximum Gasteiger partial charge on any atom is 0.135 e. The molecule has 2 aliphatic rings. The molecule has 0 spiro atoms. The first-order valence-electron chi connectivity index (χ1n) is 20.4. The molecule has 58 heavy (non-hydrogen) atoms.